The number of benzene rings is 2. The van der Waals surface area contributed by atoms with Gasteiger partial charge in [-0.2, -0.15) is 0 Å². The molecular weight excluding hydrogens is 386 g/mol. The summed E-state index contributed by atoms with van der Waals surface area (Å²) in [6, 6.07) is 7.35. The molecule has 0 atom stereocenters. The van der Waals surface area contributed by atoms with Gasteiger partial charge < -0.3 is 24.4 Å². The molecule has 0 spiro atoms. The van der Waals surface area contributed by atoms with E-state index in [-0.39, 0.29) is 10.5 Å². The molecule has 1 aliphatic rings. The third kappa shape index (κ3) is 3.97. The molecule has 3 rings (SSSR count). The number of anilines is 2. The van der Waals surface area contributed by atoms with Crippen LogP contribution in [-0.2, 0) is 10.0 Å². The molecule has 10 heteroatoms. The fraction of sp³-hybridized carbons (Fsp3) is 0.278. The monoisotopic (exact) mass is 407 g/mol. The van der Waals surface area contributed by atoms with Gasteiger partial charge in [0.2, 0.25) is 15.8 Å². The van der Waals surface area contributed by atoms with Crippen LogP contribution in [0.1, 0.15) is 10.4 Å². The molecule has 0 fully saturated rings. The summed E-state index contributed by atoms with van der Waals surface area (Å²) < 4.78 is 39.7. The standard InChI is InChI=1S/C18H21N3O6S/c1-21(2)14-5-4-12(28(19,23)24)10-13(14)20-18(22)11-8-15(25-3)17-16(9-11)26-6-7-27-17/h4-5,8-10H,6-7H2,1-3H3,(H,20,22)(H2,19,23,24). The molecule has 0 radical (unpaired) electrons. The highest BCUT2D eigenvalue weighted by Crippen LogP contribution is 2.40. The number of rotatable bonds is 5. The van der Waals surface area contributed by atoms with E-state index in [0.29, 0.717) is 41.8 Å². The average molecular weight is 407 g/mol. The number of carbonyl (C=O) groups is 1. The zero-order chi connectivity index (χ0) is 20.5. The zero-order valence-corrected chi connectivity index (χ0v) is 16.5. The van der Waals surface area contributed by atoms with E-state index >= 15 is 0 Å². The normalized spacial score (nSPS) is 13.0. The summed E-state index contributed by atoms with van der Waals surface area (Å²) in [6.07, 6.45) is 0. The third-order valence-electron chi connectivity index (χ3n) is 4.12. The number of nitrogens with one attached hydrogen (secondary N) is 1. The largest absolute Gasteiger partial charge is 0.493 e. The van der Waals surface area contributed by atoms with Crippen LogP contribution in [0.4, 0.5) is 11.4 Å². The fourth-order valence-corrected chi connectivity index (χ4v) is 3.32. The van der Waals surface area contributed by atoms with E-state index < -0.39 is 15.9 Å². The maximum absolute atomic E-state index is 12.8. The molecule has 1 aliphatic heterocycles. The molecule has 1 heterocycles. The number of hydrogen-bond acceptors (Lipinski definition) is 7. The highest BCUT2D eigenvalue weighted by Gasteiger charge is 2.22. The second-order valence-corrected chi connectivity index (χ2v) is 7.84. The Morgan fingerprint density at radius 2 is 1.89 bits per heavy atom. The van der Waals surface area contributed by atoms with Gasteiger partial charge in [0, 0.05) is 19.7 Å². The molecule has 150 valence electrons. The topological polar surface area (TPSA) is 120 Å². The number of amides is 1. The van der Waals surface area contributed by atoms with Crippen molar-refractivity contribution in [1.29, 1.82) is 0 Å². The number of sulfonamides is 1. The Kier molecular flexibility index (Phi) is 5.34. The molecular formula is C18H21N3O6S. The van der Waals surface area contributed by atoms with Gasteiger partial charge in [-0.05, 0) is 30.3 Å². The number of ether oxygens (including phenoxy) is 3. The van der Waals surface area contributed by atoms with Crippen LogP contribution in [0, 0.1) is 0 Å². The van der Waals surface area contributed by atoms with Crippen molar-refractivity contribution in [3.8, 4) is 17.2 Å². The van der Waals surface area contributed by atoms with Crippen LogP contribution in [0.25, 0.3) is 0 Å². The Morgan fingerprint density at radius 3 is 2.54 bits per heavy atom. The molecule has 0 saturated heterocycles. The maximum atomic E-state index is 12.8. The van der Waals surface area contributed by atoms with Gasteiger partial charge in [-0.15, -0.1) is 0 Å². The van der Waals surface area contributed by atoms with Gasteiger partial charge in [-0.1, -0.05) is 0 Å². The minimum atomic E-state index is -3.92. The number of fused-ring (bicyclic) bond motifs is 1. The van der Waals surface area contributed by atoms with Crippen LogP contribution in [0.5, 0.6) is 17.2 Å². The van der Waals surface area contributed by atoms with E-state index in [0.717, 1.165) is 0 Å². The molecule has 28 heavy (non-hydrogen) atoms. The molecule has 0 saturated carbocycles. The molecule has 1 amide bonds. The van der Waals surface area contributed by atoms with Crippen molar-refractivity contribution in [1.82, 2.24) is 0 Å². The Bertz CT molecular complexity index is 1000. The maximum Gasteiger partial charge on any atom is 0.255 e. The van der Waals surface area contributed by atoms with Crippen LogP contribution >= 0.6 is 0 Å². The summed E-state index contributed by atoms with van der Waals surface area (Å²) in [7, 11) is 1.10. The second-order valence-electron chi connectivity index (χ2n) is 6.28. The molecule has 0 unspecified atom stereocenters. The van der Waals surface area contributed by atoms with E-state index in [2.05, 4.69) is 5.32 Å². The van der Waals surface area contributed by atoms with Crippen LogP contribution in [-0.4, -0.2) is 48.7 Å². The summed E-state index contributed by atoms with van der Waals surface area (Å²) in [5.41, 5.74) is 1.19. The summed E-state index contributed by atoms with van der Waals surface area (Å²) >= 11 is 0. The molecule has 0 bridgehead atoms. The summed E-state index contributed by atoms with van der Waals surface area (Å²) in [6.45, 7) is 0.754. The predicted molar refractivity (Wildman–Crippen MR) is 104 cm³/mol. The van der Waals surface area contributed by atoms with Crippen LogP contribution in [0.2, 0.25) is 0 Å². The summed E-state index contributed by atoms with van der Waals surface area (Å²) in [4.78, 5) is 14.5. The van der Waals surface area contributed by atoms with Gasteiger partial charge in [0.1, 0.15) is 13.2 Å². The van der Waals surface area contributed by atoms with Gasteiger partial charge in [-0.3, -0.25) is 4.79 Å². The number of hydrogen-bond donors (Lipinski definition) is 2. The Labute approximate surface area is 163 Å². The number of nitrogens with two attached hydrogens (primary N) is 1. The van der Waals surface area contributed by atoms with Crippen molar-refractivity contribution in [2.75, 3.05) is 44.6 Å². The first kappa shape index (κ1) is 19.8. The van der Waals surface area contributed by atoms with Gasteiger partial charge in [0.05, 0.1) is 23.4 Å². The van der Waals surface area contributed by atoms with Crippen molar-refractivity contribution in [3.63, 3.8) is 0 Å². The van der Waals surface area contributed by atoms with Crippen molar-refractivity contribution in [3.05, 3.63) is 35.9 Å². The average Bonchev–Trinajstić information content (AvgIpc) is 2.66. The fourth-order valence-electron chi connectivity index (χ4n) is 2.78. The second kappa shape index (κ2) is 7.56. The number of nitrogens with zero attached hydrogens (tertiary/aromatic N) is 1. The lowest BCUT2D eigenvalue weighted by molar-refractivity contribution is 0.102. The predicted octanol–water partition coefficient (Wildman–Crippen LogP) is 1.43. The summed E-state index contributed by atoms with van der Waals surface area (Å²) in [5, 5.41) is 7.93. The minimum Gasteiger partial charge on any atom is -0.493 e. The number of carbonyl (C=O) groups excluding carboxylic acids is 1. The Balaban J connectivity index is 1.99. The minimum absolute atomic E-state index is 0.104. The Hall–Kier alpha value is -2.98. The molecule has 2 aromatic carbocycles. The van der Waals surface area contributed by atoms with Crippen LogP contribution in [0.3, 0.4) is 0 Å². The Morgan fingerprint density at radius 1 is 1.18 bits per heavy atom. The quantitative estimate of drug-likeness (QED) is 0.769. The molecule has 2 aromatic rings. The van der Waals surface area contributed by atoms with Gasteiger partial charge >= 0.3 is 0 Å². The van der Waals surface area contributed by atoms with E-state index in [1.807, 2.05) is 0 Å². The number of methoxy groups -OCH3 is 1. The lowest BCUT2D eigenvalue weighted by Gasteiger charge is -2.22. The lowest BCUT2D eigenvalue weighted by atomic mass is 10.1. The van der Waals surface area contributed by atoms with Gasteiger partial charge in [0.25, 0.3) is 5.91 Å². The molecule has 9 nitrogen and oxygen atoms in total. The zero-order valence-electron chi connectivity index (χ0n) is 15.7. The SMILES string of the molecule is COc1cc(C(=O)Nc2cc(S(N)(=O)=O)ccc2N(C)C)cc2c1OCCO2. The van der Waals surface area contributed by atoms with Crippen LogP contribution in [0.15, 0.2) is 35.2 Å². The van der Waals surface area contributed by atoms with Crippen molar-refractivity contribution in [2.24, 2.45) is 5.14 Å². The van der Waals surface area contributed by atoms with Crippen LogP contribution < -0.4 is 29.6 Å². The van der Waals surface area contributed by atoms with Crippen molar-refractivity contribution < 1.29 is 27.4 Å². The van der Waals surface area contributed by atoms with Crippen molar-refractivity contribution in [2.45, 2.75) is 4.90 Å². The third-order valence-corrected chi connectivity index (χ3v) is 5.03. The van der Waals surface area contributed by atoms with E-state index in [1.54, 1.807) is 31.1 Å². The summed E-state index contributed by atoms with van der Waals surface area (Å²) in [5.74, 6) is 0.746. The van der Waals surface area contributed by atoms with E-state index in [4.69, 9.17) is 19.3 Å². The first-order valence-corrected chi connectivity index (χ1v) is 9.88. The smallest absolute Gasteiger partial charge is 0.255 e. The van der Waals surface area contributed by atoms with Gasteiger partial charge in [0.15, 0.2) is 11.5 Å². The molecule has 3 N–H and O–H groups in total. The highest BCUT2D eigenvalue weighted by atomic mass is 32.2. The van der Waals surface area contributed by atoms with Crippen molar-refractivity contribution >= 4 is 27.3 Å². The molecule has 0 aromatic heterocycles. The number of primary sulfonamides is 1. The van der Waals surface area contributed by atoms with E-state index in [9.17, 15) is 13.2 Å². The highest BCUT2D eigenvalue weighted by molar-refractivity contribution is 7.89. The van der Waals surface area contributed by atoms with Gasteiger partial charge in [-0.25, -0.2) is 13.6 Å². The molecule has 0 aliphatic carbocycles. The first-order chi connectivity index (χ1) is 13.2. The lowest BCUT2D eigenvalue weighted by Crippen LogP contribution is -2.20. The van der Waals surface area contributed by atoms with E-state index in [1.165, 1.54) is 25.3 Å². The first-order valence-electron chi connectivity index (χ1n) is 8.34.